The predicted molar refractivity (Wildman–Crippen MR) is 170 cm³/mol. The van der Waals surface area contributed by atoms with Crippen LogP contribution in [-0.2, 0) is 18.9 Å². The number of rotatable bonds is 8. The topological polar surface area (TPSA) is 143 Å². The van der Waals surface area contributed by atoms with Gasteiger partial charge in [0.25, 0.3) is 5.56 Å². The number of nitrogens with one attached hydrogen (secondary N) is 1. The van der Waals surface area contributed by atoms with Crippen LogP contribution in [0.5, 0.6) is 0 Å². The van der Waals surface area contributed by atoms with Gasteiger partial charge in [-0.3, -0.25) is 14.3 Å². The third-order valence-corrected chi connectivity index (χ3v) is 7.98. The highest BCUT2D eigenvalue weighted by Crippen LogP contribution is 2.35. The molecule has 1 aromatic heterocycles. The van der Waals surface area contributed by atoms with Gasteiger partial charge in [0.2, 0.25) is 0 Å². The van der Waals surface area contributed by atoms with Crippen LogP contribution in [0.3, 0.4) is 0 Å². The molecule has 1 aliphatic rings. The van der Waals surface area contributed by atoms with E-state index in [2.05, 4.69) is 4.98 Å². The molecule has 1 aliphatic heterocycles. The van der Waals surface area contributed by atoms with E-state index >= 15 is 0 Å². The highest BCUT2D eigenvalue weighted by atomic mass is 127. The molecular weight excluding hydrogens is 695 g/mol. The molecule has 0 unspecified atom stereocenters. The number of esters is 3. The maximum absolute atomic E-state index is 13.4. The summed E-state index contributed by atoms with van der Waals surface area (Å²) in [5.41, 5.74) is 2.06. The minimum absolute atomic E-state index is 0.155. The molecule has 4 atom stereocenters. The van der Waals surface area contributed by atoms with E-state index in [-0.39, 0.29) is 20.3 Å². The standard InChI is InChI=1S/C33H29IN2O9/c1-18-4-10-21(11-5-18)30(38)42-17-25-26(44-31(39)22-12-6-19(2)7-13-22)27(45-32(40)23-14-8-20(3)9-15-23)29(43-25)36-16-24(34)28(37)35-33(36)41/h4-16,25-27,29H,17H2,1-3H3,(H,35,37,41)/t25-,26-,27+,29-/m1/s1. The monoisotopic (exact) mass is 724 g/mol. The summed E-state index contributed by atoms with van der Waals surface area (Å²) >= 11 is 1.75. The van der Waals surface area contributed by atoms with Crippen LogP contribution in [0.4, 0.5) is 0 Å². The van der Waals surface area contributed by atoms with Crippen molar-refractivity contribution >= 4 is 40.5 Å². The van der Waals surface area contributed by atoms with Gasteiger partial charge in [-0.2, -0.15) is 0 Å². The van der Waals surface area contributed by atoms with Gasteiger partial charge >= 0.3 is 23.6 Å². The van der Waals surface area contributed by atoms with Crippen molar-refractivity contribution in [2.24, 2.45) is 0 Å². The first-order chi connectivity index (χ1) is 21.5. The molecule has 1 saturated heterocycles. The fourth-order valence-electron chi connectivity index (χ4n) is 4.68. The Morgan fingerprint density at radius 1 is 0.733 bits per heavy atom. The summed E-state index contributed by atoms with van der Waals surface area (Å²) in [4.78, 5) is 66.9. The predicted octanol–water partition coefficient (Wildman–Crippen LogP) is 4.27. The van der Waals surface area contributed by atoms with Crippen molar-refractivity contribution in [3.05, 3.63) is 137 Å². The second-order valence-corrected chi connectivity index (χ2v) is 11.8. The average molecular weight is 725 g/mol. The largest absolute Gasteiger partial charge is 0.459 e. The van der Waals surface area contributed by atoms with Crippen molar-refractivity contribution < 1.29 is 33.3 Å². The van der Waals surface area contributed by atoms with E-state index < -0.39 is 60.3 Å². The summed E-state index contributed by atoms with van der Waals surface area (Å²) in [6.07, 6.45) is -4.02. The summed E-state index contributed by atoms with van der Waals surface area (Å²) in [7, 11) is 0. The number of nitrogens with zero attached hydrogens (tertiary/aromatic N) is 1. The normalized spacial score (nSPS) is 19.1. The van der Waals surface area contributed by atoms with Crippen molar-refractivity contribution in [3.8, 4) is 0 Å². The number of H-pyrrole nitrogens is 1. The Morgan fingerprint density at radius 2 is 1.18 bits per heavy atom. The Bertz CT molecular complexity index is 1830. The van der Waals surface area contributed by atoms with Crippen molar-refractivity contribution in [2.45, 2.75) is 45.3 Å². The summed E-state index contributed by atoms with van der Waals surface area (Å²) in [5, 5.41) is 0. The minimum atomic E-state index is -1.39. The zero-order valence-electron chi connectivity index (χ0n) is 24.5. The van der Waals surface area contributed by atoms with E-state index in [1.54, 1.807) is 95.4 Å². The van der Waals surface area contributed by atoms with Gasteiger partial charge in [-0.15, -0.1) is 0 Å². The zero-order valence-corrected chi connectivity index (χ0v) is 26.7. The number of hydrogen-bond donors (Lipinski definition) is 1. The maximum atomic E-state index is 13.4. The third-order valence-electron chi connectivity index (χ3n) is 7.21. The fraction of sp³-hybridized carbons (Fsp3) is 0.242. The van der Waals surface area contributed by atoms with Crippen molar-refractivity contribution in [1.29, 1.82) is 0 Å². The molecule has 0 radical (unpaired) electrons. The molecule has 1 N–H and O–H groups in total. The lowest BCUT2D eigenvalue weighted by Crippen LogP contribution is -2.43. The van der Waals surface area contributed by atoms with Crippen LogP contribution < -0.4 is 11.2 Å². The molecule has 0 saturated carbocycles. The second-order valence-electron chi connectivity index (χ2n) is 10.6. The van der Waals surface area contributed by atoms with Crippen molar-refractivity contribution in [2.75, 3.05) is 6.61 Å². The van der Waals surface area contributed by atoms with Crippen LogP contribution in [0.2, 0.25) is 0 Å². The summed E-state index contributed by atoms with van der Waals surface area (Å²) in [5.74, 6) is -2.18. The van der Waals surface area contributed by atoms with Crippen LogP contribution in [0.15, 0.2) is 88.6 Å². The molecule has 0 spiro atoms. The van der Waals surface area contributed by atoms with Gasteiger partial charge in [-0.25, -0.2) is 19.2 Å². The van der Waals surface area contributed by atoms with Crippen molar-refractivity contribution in [1.82, 2.24) is 9.55 Å². The van der Waals surface area contributed by atoms with Gasteiger partial charge in [0, 0.05) is 6.20 Å². The molecule has 11 nitrogen and oxygen atoms in total. The lowest BCUT2D eigenvalue weighted by atomic mass is 10.1. The van der Waals surface area contributed by atoms with Gasteiger partial charge in [0.05, 0.1) is 20.3 Å². The lowest BCUT2D eigenvalue weighted by molar-refractivity contribution is -0.0641. The van der Waals surface area contributed by atoms with Crippen LogP contribution >= 0.6 is 22.6 Å². The number of ether oxygens (including phenoxy) is 4. The maximum Gasteiger partial charge on any atom is 0.338 e. The van der Waals surface area contributed by atoms with Crippen LogP contribution in [0.25, 0.3) is 0 Å². The smallest absolute Gasteiger partial charge is 0.338 e. The number of benzene rings is 3. The lowest BCUT2D eigenvalue weighted by Gasteiger charge is -2.25. The highest BCUT2D eigenvalue weighted by Gasteiger charge is 2.51. The van der Waals surface area contributed by atoms with Gasteiger partial charge in [0.1, 0.15) is 12.7 Å². The minimum Gasteiger partial charge on any atom is -0.459 e. The van der Waals surface area contributed by atoms with Crippen LogP contribution in [-0.4, -0.2) is 52.4 Å². The molecule has 5 rings (SSSR count). The number of aromatic amines is 1. The van der Waals surface area contributed by atoms with E-state index in [4.69, 9.17) is 18.9 Å². The van der Waals surface area contributed by atoms with Gasteiger partial charge in [0.15, 0.2) is 18.4 Å². The van der Waals surface area contributed by atoms with E-state index in [1.807, 2.05) is 20.8 Å². The van der Waals surface area contributed by atoms with Gasteiger partial charge < -0.3 is 18.9 Å². The molecule has 3 aromatic carbocycles. The Labute approximate surface area is 271 Å². The molecule has 4 aromatic rings. The molecule has 45 heavy (non-hydrogen) atoms. The van der Waals surface area contributed by atoms with Crippen LogP contribution in [0, 0.1) is 24.3 Å². The van der Waals surface area contributed by atoms with E-state index in [0.717, 1.165) is 21.3 Å². The molecule has 2 heterocycles. The number of hydrogen-bond acceptors (Lipinski definition) is 9. The second kappa shape index (κ2) is 13.6. The van der Waals surface area contributed by atoms with E-state index in [0.29, 0.717) is 0 Å². The first-order valence-electron chi connectivity index (χ1n) is 14.0. The van der Waals surface area contributed by atoms with E-state index in [9.17, 15) is 24.0 Å². The number of carbonyl (C=O) groups excluding carboxylic acids is 3. The molecule has 0 aliphatic carbocycles. The molecular formula is C33H29IN2O9. The third kappa shape index (κ3) is 7.40. The number of carbonyl (C=O) groups is 3. The van der Waals surface area contributed by atoms with Gasteiger partial charge in [-0.05, 0) is 79.8 Å². The zero-order chi connectivity index (χ0) is 32.2. The first kappa shape index (κ1) is 31.9. The number of halogens is 1. The summed E-state index contributed by atoms with van der Waals surface area (Å²) in [6.45, 7) is 5.20. The first-order valence-corrected chi connectivity index (χ1v) is 15.0. The SMILES string of the molecule is Cc1ccc(C(=O)OC[C@H]2O[C@@H](n3cc(I)c(=O)[nH]c3=O)[C@@H](OC(=O)c3ccc(C)cc3)[C@@H]2OC(=O)c2ccc(C)cc2)cc1. The van der Waals surface area contributed by atoms with Crippen molar-refractivity contribution in [3.63, 3.8) is 0 Å². The summed E-state index contributed by atoms with van der Waals surface area (Å²) in [6, 6.07) is 20.0. The Hall–Kier alpha value is -4.56. The van der Waals surface area contributed by atoms with E-state index in [1.165, 1.54) is 6.20 Å². The molecule has 0 amide bonds. The quantitative estimate of drug-likeness (QED) is 0.160. The number of aromatic nitrogens is 2. The average Bonchev–Trinajstić information content (AvgIpc) is 3.34. The molecule has 0 bridgehead atoms. The highest BCUT2D eigenvalue weighted by molar-refractivity contribution is 14.1. The Morgan fingerprint density at radius 3 is 1.67 bits per heavy atom. The molecule has 12 heteroatoms. The fourth-order valence-corrected chi connectivity index (χ4v) is 5.11. The van der Waals surface area contributed by atoms with Crippen LogP contribution in [0.1, 0.15) is 54.0 Å². The molecule has 232 valence electrons. The molecule has 1 fully saturated rings. The summed E-state index contributed by atoms with van der Waals surface area (Å²) < 4.78 is 24.7. The van der Waals surface area contributed by atoms with Gasteiger partial charge in [-0.1, -0.05) is 53.1 Å². The number of aryl methyl sites for hydroxylation is 3. The Balaban J connectivity index is 1.52. The Kier molecular flexibility index (Phi) is 9.63.